The van der Waals surface area contributed by atoms with E-state index in [2.05, 4.69) is 52.3 Å². The Hall–Kier alpha value is -2.34. The maximum atomic E-state index is 11.6. The zero-order chi connectivity index (χ0) is 18.3. The summed E-state index contributed by atoms with van der Waals surface area (Å²) in [5, 5.41) is 11.4. The van der Waals surface area contributed by atoms with Crippen molar-refractivity contribution in [3.63, 3.8) is 0 Å². The second-order valence-electron chi connectivity index (χ2n) is 6.42. The Labute approximate surface area is 153 Å². The van der Waals surface area contributed by atoms with E-state index in [0.29, 0.717) is 12.1 Å². The van der Waals surface area contributed by atoms with Crippen molar-refractivity contribution in [1.29, 1.82) is 0 Å². The Morgan fingerprint density at radius 3 is 2.44 bits per heavy atom. The van der Waals surface area contributed by atoms with E-state index in [-0.39, 0.29) is 11.3 Å². The lowest BCUT2D eigenvalue weighted by atomic mass is 9.91. The molecule has 0 atom stereocenters. The fourth-order valence-corrected chi connectivity index (χ4v) is 3.23. The summed E-state index contributed by atoms with van der Waals surface area (Å²) >= 11 is 1.77. The van der Waals surface area contributed by atoms with Gasteiger partial charge in [-0.1, -0.05) is 32.0 Å². The number of thiophene rings is 1. The molecule has 0 fully saturated rings. The van der Waals surface area contributed by atoms with Crippen LogP contribution in [0.4, 0.5) is 0 Å². The maximum Gasteiger partial charge on any atom is 0.251 e. The number of benzene rings is 1. The van der Waals surface area contributed by atoms with Gasteiger partial charge in [0.15, 0.2) is 5.96 Å². The average Bonchev–Trinajstić information content (AvgIpc) is 3.17. The molecule has 0 bridgehead atoms. The van der Waals surface area contributed by atoms with E-state index in [1.807, 2.05) is 24.3 Å². The molecule has 1 heterocycles. The zero-order valence-electron chi connectivity index (χ0n) is 15.2. The summed E-state index contributed by atoms with van der Waals surface area (Å²) in [5.74, 6) is 0.688. The second-order valence-corrected chi connectivity index (χ2v) is 7.36. The molecule has 6 heteroatoms. The molecule has 0 saturated carbocycles. The number of nitrogens with zero attached hydrogens (tertiary/aromatic N) is 1. The number of carbonyl (C=O) groups excluding carboxylic acids is 1. The molecule has 5 nitrogen and oxygen atoms in total. The van der Waals surface area contributed by atoms with Crippen molar-refractivity contribution in [3.05, 3.63) is 57.8 Å². The fraction of sp³-hybridized carbons (Fsp3) is 0.368. The van der Waals surface area contributed by atoms with Gasteiger partial charge >= 0.3 is 0 Å². The third kappa shape index (κ3) is 5.32. The SMILES string of the molecule is CN=C(NCc1ccc(C(=O)NC)cc1)NCC(C)(C)c1cccs1. The Bertz CT molecular complexity index is 706. The number of aliphatic imine (C=N–C) groups is 1. The van der Waals surface area contributed by atoms with Gasteiger partial charge in [-0.25, -0.2) is 0 Å². The minimum absolute atomic E-state index is 0.0426. The smallest absolute Gasteiger partial charge is 0.251 e. The van der Waals surface area contributed by atoms with Gasteiger partial charge in [0.2, 0.25) is 0 Å². The van der Waals surface area contributed by atoms with Crippen molar-refractivity contribution in [3.8, 4) is 0 Å². The van der Waals surface area contributed by atoms with Gasteiger partial charge in [0.05, 0.1) is 0 Å². The molecule has 3 N–H and O–H groups in total. The monoisotopic (exact) mass is 358 g/mol. The number of hydrogen-bond acceptors (Lipinski definition) is 3. The van der Waals surface area contributed by atoms with Crippen LogP contribution in [0.2, 0.25) is 0 Å². The highest BCUT2D eigenvalue weighted by Crippen LogP contribution is 2.26. The topological polar surface area (TPSA) is 65.5 Å². The molecule has 0 unspecified atom stereocenters. The zero-order valence-corrected chi connectivity index (χ0v) is 16.0. The summed E-state index contributed by atoms with van der Waals surface area (Å²) in [6.07, 6.45) is 0. The summed E-state index contributed by atoms with van der Waals surface area (Å²) in [5.41, 5.74) is 1.79. The van der Waals surface area contributed by atoms with E-state index in [4.69, 9.17) is 0 Å². The molecule has 0 radical (unpaired) electrons. The lowest BCUT2D eigenvalue weighted by Gasteiger charge is -2.25. The molecule has 1 aromatic heterocycles. The molecule has 0 aliphatic heterocycles. The van der Waals surface area contributed by atoms with Crippen LogP contribution in [-0.4, -0.2) is 32.5 Å². The van der Waals surface area contributed by atoms with Crippen molar-refractivity contribution in [2.24, 2.45) is 4.99 Å². The number of carbonyl (C=O) groups is 1. The molecule has 0 saturated heterocycles. The lowest BCUT2D eigenvalue weighted by Crippen LogP contribution is -2.42. The summed E-state index contributed by atoms with van der Waals surface area (Å²) in [6, 6.07) is 11.8. The average molecular weight is 359 g/mol. The van der Waals surface area contributed by atoms with E-state index < -0.39 is 0 Å². The highest BCUT2D eigenvalue weighted by molar-refractivity contribution is 7.10. The Morgan fingerprint density at radius 1 is 1.16 bits per heavy atom. The first kappa shape index (κ1) is 19.0. The molecule has 1 aromatic carbocycles. The highest BCUT2D eigenvalue weighted by Gasteiger charge is 2.21. The van der Waals surface area contributed by atoms with Crippen LogP contribution in [-0.2, 0) is 12.0 Å². The lowest BCUT2D eigenvalue weighted by molar-refractivity contribution is 0.0963. The maximum absolute atomic E-state index is 11.6. The molecule has 25 heavy (non-hydrogen) atoms. The summed E-state index contributed by atoms with van der Waals surface area (Å²) in [4.78, 5) is 17.2. The first-order chi connectivity index (χ1) is 12.0. The molecule has 1 amide bonds. The minimum atomic E-state index is -0.0761. The van der Waals surface area contributed by atoms with Gasteiger partial charge in [0.1, 0.15) is 0 Å². The summed E-state index contributed by atoms with van der Waals surface area (Å²) in [7, 11) is 3.40. The predicted octanol–water partition coefficient (Wildman–Crippen LogP) is 2.75. The third-order valence-corrected chi connectivity index (χ3v) is 5.25. The molecule has 134 valence electrons. The van der Waals surface area contributed by atoms with Crippen molar-refractivity contribution in [2.45, 2.75) is 25.8 Å². The van der Waals surface area contributed by atoms with Gasteiger partial charge in [-0.3, -0.25) is 9.79 Å². The minimum Gasteiger partial charge on any atom is -0.356 e. The van der Waals surface area contributed by atoms with Crippen LogP contribution in [0.3, 0.4) is 0 Å². The largest absolute Gasteiger partial charge is 0.356 e. The van der Waals surface area contributed by atoms with Gasteiger partial charge < -0.3 is 16.0 Å². The summed E-state index contributed by atoms with van der Waals surface area (Å²) in [6.45, 7) is 5.88. The molecular weight excluding hydrogens is 332 g/mol. The second kappa shape index (κ2) is 8.67. The van der Waals surface area contributed by atoms with Crippen LogP contribution >= 0.6 is 11.3 Å². The van der Waals surface area contributed by atoms with Crippen molar-refractivity contribution >= 4 is 23.2 Å². The van der Waals surface area contributed by atoms with Gasteiger partial charge in [-0.05, 0) is 29.1 Å². The van der Waals surface area contributed by atoms with Gasteiger partial charge in [-0.2, -0.15) is 0 Å². The van der Waals surface area contributed by atoms with Crippen LogP contribution < -0.4 is 16.0 Å². The highest BCUT2D eigenvalue weighted by atomic mass is 32.1. The predicted molar refractivity (Wildman–Crippen MR) is 105 cm³/mol. The molecule has 2 rings (SSSR count). The number of guanidine groups is 1. The van der Waals surface area contributed by atoms with Crippen LogP contribution in [0.5, 0.6) is 0 Å². The van der Waals surface area contributed by atoms with E-state index in [1.54, 1.807) is 25.4 Å². The normalized spacial score (nSPS) is 11.9. The van der Waals surface area contributed by atoms with Crippen LogP contribution in [0, 0.1) is 0 Å². The number of amides is 1. The third-order valence-electron chi connectivity index (χ3n) is 4.01. The van der Waals surface area contributed by atoms with Gasteiger partial charge in [0, 0.05) is 43.0 Å². The summed E-state index contributed by atoms with van der Waals surface area (Å²) < 4.78 is 0. The quantitative estimate of drug-likeness (QED) is 0.549. The van der Waals surface area contributed by atoms with E-state index >= 15 is 0 Å². The molecule has 0 aliphatic carbocycles. The number of hydrogen-bond donors (Lipinski definition) is 3. The van der Waals surface area contributed by atoms with E-state index in [1.165, 1.54) is 4.88 Å². The molecule has 0 aliphatic rings. The first-order valence-corrected chi connectivity index (χ1v) is 9.14. The van der Waals surface area contributed by atoms with E-state index in [0.717, 1.165) is 18.1 Å². The Balaban J connectivity index is 1.87. The molecule has 2 aromatic rings. The number of rotatable bonds is 6. The molecule has 0 spiro atoms. The van der Waals surface area contributed by atoms with Crippen molar-refractivity contribution in [1.82, 2.24) is 16.0 Å². The molecular formula is C19H26N4OS. The Morgan fingerprint density at radius 2 is 1.88 bits per heavy atom. The number of nitrogens with one attached hydrogen (secondary N) is 3. The van der Waals surface area contributed by atoms with Crippen LogP contribution in [0.1, 0.15) is 34.6 Å². The van der Waals surface area contributed by atoms with E-state index in [9.17, 15) is 4.79 Å². The standard InChI is InChI=1S/C19H26N4OS/c1-19(2,16-6-5-11-25-16)13-23-18(21-4)22-12-14-7-9-15(10-8-14)17(24)20-3/h5-11H,12-13H2,1-4H3,(H,20,24)(H2,21,22,23). The Kier molecular flexibility index (Phi) is 6.58. The fourth-order valence-electron chi connectivity index (χ4n) is 2.38. The van der Waals surface area contributed by atoms with Crippen molar-refractivity contribution < 1.29 is 4.79 Å². The van der Waals surface area contributed by atoms with Gasteiger partial charge in [-0.15, -0.1) is 11.3 Å². The van der Waals surface area contributed by atoms with Gasteiger partial charge in [0.25, 0.3) is 5.91 Å². The van der Waals surface area contributed by atoms with Crippen LogP contribution in [0.15, 0.2) is 46.8 Å². The first-order valence-electron chi connectivity index (χ1n) is 8.26. The van der Waals surface area contributed by atoms with Crippen molar-refractivity contribution in [2.75, 3.05) is 20.6 Å². The van der Waals surface area contributed by atoms with Crippen LogP contribution in [0.25, 0.3) is 0 Å².